The molecule has 1 aromatic rings. The Bertz CT molecular complexity index is 535. The van der Waals surface area contributed by atoms with Crippen molar-refractivity contribution in [2.75, 3.05) is 20.3 Å². The number of hydrogen-bond acceptors (Lipinski definition) is 6. The van der Waals surface area contributed by atoms with E-state index < -0.39 is 5.41 Å². The molecule has 0 saturated carbocycles. The van der Waals surface area contributed by atoms with Crippen LogP contribution in [0, 0.1) is 12.3 Å². The summed E-state index contributed by atoms with van der Waals surface area (Å²) in [4.78, 5) is 18.4. The number of oxime groups is 1. The molecule has 0 unspecified atom stereocenters. The molecule has 9 heteroatoms. The second-order valence-electron chi connectivity index (χ2n) is 5.18. The number of ether oxygens (including phenoxy) is 1. The summed E-state index contributed by atoms with van der Waals surface area (Å²) in [7, 11) is 1.65. The number of carbonyl (C=O) groups is 1. The van der Waals surface area contributed by atoms with Crippen molar-refractivity contribution >= 4 is 11.7 Å². The first-order chi connectivity index (χ1) is 9.99. The number of hydrogen-bond donors (Lipinski definition) is 3. The lowest BCUT2D eigenvalue weighted by molar-refractivity contribution is -0.142. The maximum atomic E-state index is 12.8. The Kier molecular flexibility index (Phi) is 4.41. The number of H-pyrrole nitrogens is 1. The van der Waals surface area contributed by atoms with Gasteiger partial charge in [0.2, 0.25) is 5.91 Å². The molecule has 1 fully saturated rings. The van der Waals surface area contributed by atoms with Gasteiger partial charge in [-0.3, -0.25) is 9.89 Å². The molecule has 4 N–H and O–H groups in total. The van der Waals surface area contributed by atoms with Gasteiger partial charge in [-0.25, -0.2) is 4.98 Å². The third-order valence-corrected chi connectivity index (χ3v) is 3.72. The van der Waals surface area contributed by atoms with Gasteiger partial charge in [0.1, 0.15) is 11.2 Å². The standard InChI is InChI=1S/C12H20N6O3/c1-8-14-9(16-15-8)7-18(2)11(19)12(10(13)17-20)3-5-21-6-4-12/h20H,3-7H2,1-2H3,(H2,13,17)(H,14,15,16). The molecule has 2 rings (SSSR count). The average Bonchev–Trinajstić information content (AvgIpc) is 2.91. The highest BCUT2D eigenvalue weighted by Gasteiger charge is 2.46. The van der Waals surface area contributed by atoms with E-state index in [4.69, 9.17) is 15.7 Å². The van der Waals surface area contributed by atoms with Gasteiger partial charge in [-0.1, -0.05) is 5.16 Å². The van der Waals surface area contributed by atoms with Crippen LogP contribution in [0.5, 0.6) is 0 Å². The minimum absolute atomic E-state index is 0.0752. The molecule has 9 nitrogen and oxygen atoms in total. The van der Waals surface area contributed by atoms with Gasteiger partial charge >= 0.3 is 0 Å². The molecular formula is C12H20N6O3. The third kappa shape index (κ3) is 2.97. The number of aromatic amines is 1. The number of nitrogens with two attached hydrogens (primary N) is 1. The lowest BCUT2D eigenvalue weighted by atomic mass is 9.77. The minimum atomic E-state index is -1.02. The fraction of sp³-hybridized carbons (Fsp3) is 0.667. The zero-order chi connectivity index (χ0) is 15.5. The first-order valence-electron chi connectivity index (χ1n) is 6.69. The van der Waals surface area contributed by atoms with Crippen molar-refractivity contribution in [3.63, 3.8) is 0 Å². The van der Waals surface area contributed by atoms with Crippen LogP contribution in [0.4, 0.5) is 0 Å². The molecule has 21 heavy (non-hydrogen) atoms. The van der Waals surface area contributed by atoms with Crippen molar-refractivity contribution in [3.05, 3.63) is 11.6 Å². The molecule has 1 aliphatic heterocycles. The van der Waals surface area contributed by atoms with Crippen LogP contribution >= 0.6 is 0 Å². The first-order valence-corrected chi connectivity index (χ1v) is 6.69. The van der Waals surface area contributed by atoms with Crippen molar-refractivity contribution in [2.45, 2.75) is 26.3 Å². The molecule has 0 aromatic carbocycles. The SMILES string of the molecule is Cc1nc(CN(C)C(=O)C2(C(N)=NO)CCOCC2)n[nH]1. The normalized spacial score (nSPS) is 18.5. The molecule has 0 atom stereocenters. The fourth-order valence-corrected chi connectivity index (χ4v) is 2.50. The van der Waals surface area contributed by atoms with E-state index in [1.165, 1.54) is 4.90 Å². The smallest absolute Gasteiger partial charge is 0.236 e. The number of rotatable bonds is 4. The summed E-state index contributed by atoms with van der Waals surface area (Å²) in [5.41, 5.74) is 4.76. The lowest BCUT2D eigenvalue weighted by Crippen LogP contribution is -2.53. The van der Waals surface area contributed by atoms with Crippen molar-refractivity contribution < 1.29 is 14.7 Å². The van der Waals surface area contributed by atoms with Crippen molar-refractivity contribution in [1.82, 2.24) is 20.1 Å². The maximum absolute atomic E-state index is 12.8. The van der Waals surface area contributed by atoms with E-state index in [-0.39, 0.29) is 18.3 Å². The van der Waals surface area contributed by atoms with E-state index in [9.17, 15) is 4.79 Å². The van der Waals surface area contributed by atoms with Crippen LogP contribution in [0.3, 0.4) is 0 Å². The number of aromatic nitrogens is 3. The molecule has 1 aliphatic rings. The second-order valence-corrected chi connectivity index (χ2v) is 5.18. The van der Waals surface area contributed by atoms with Gasteiger partial charge in [0.15, 0.2) is 11.7 Å². The number of carbonyl (C=O) groups excluding carboxylic acids is 1. The van der Waals surface area contributed by atoms with Gasteiger partial charge in [-0.15, -0.1) is 0 Å². The summed E-state index contributed by atoms with van der Waals surface area (Å²) in [6.07, 6.45) is 0.776. The third-order valence-electron chi connectivity index (χ3n) is 3.72. The van der Waals surface area contributed by atoms with Crippen molar-refractivity contribution in [3.8, 4) is 0 Å². The summed E-state index contributed by atoms with van der Waals surface area (Å²) in [5, 5.41) is 18.8. The number of aryl methyl sites for hydroxylation is 1. The van der Waals surface area contributed by atoms with Crippen LogP contribution in [0.15, 0.2) is 5.16 Å². The zero-order valence-corrected chi connectivity index (χ0v) is 12.2. The predicted molar refractivity (Wildman–Crippen MR) is 73.5 cm³/mol. The van der Waals surface area contributed by atoms with Crippen LogP contribution in [0.1, 0.15) is 24.5 Å². The van der Waals surface area contributed by atoms with Gasteiger partial charge in [0.05, 0.1) is 6.54 Å². The monoisotopic (exact) mass is 296 g/mol. The Hall–Kier alpha value is -2.16. The maximum Gasteiger partial charge on any atom is 0.236 e. The summed E-state index contributed by atoms with van der Waals surface area (Å²) >= 11 is 0. The molecule has 116 valence electrons. The Balaban J connectivity index is 2.17. The molecule has 0 spiro atoms. The van der Waals surface area contributed by atoms with Crippen molar-refractivity contribution in [2.24, 2.45) is 16.3 Å². The quantitative estimate of drug-likeness (QED) is 0.300. The van der Waals surface area contributed by atoms with Gasteiger partial charge in [0.25, 0.3) is 0 Å². The number of nitrogens with zero attached hydrogens (tertiary/aromatic N) is 4. The molecule has 2 heterocycles. The number of amidine groups is 1. The van der Waals surface area contributed by atoms with E-state index >= 15 is 0 Å². The fourth-order valence-electron chi connectivity index (χ4n) is 2.50. The van der Waals surface area contributed by atoms with Crippen LogP contribution in [-0.2, 0) is 16.1 Å². The number of nitrogens with one attached hydrogen (secondary N) is 1. The van der Waals surface area contributed by atoms with E-state index in [1.54, 1.807) is 14.0 Å². The highest BCUT2D eigenvalue weighted by Crippen LogP contribution is 2.33. The number of amides is 1. The van der Waals surface area contributed by atoms with Crippen LogP contribution in [0.2, 0.25) is 0 Å². The van der Waals surface area contributed by atoms with E-state index in [0.717, 1.165) is 0 Å². The van der Waals surface area contributed by atoms with Crippen LogP contribution < -0.4 is 5.73 Å². The van der Waals surface area contributed by atoms with Crippen molar-refractivity contribution in [1.29, 1.82) is 0 Å². The summed E-state index contributed by atoms with van der Waals surface area (Å²) < 4.78 is 5.28. The predicted octanol–water partition coefficient (Wildman–Crippen LogP) is -0.385. The van der Waals surface area contributed by atoms with Gasteiger partial charge in [-0.2, -0.15) is 5.10 Å². The Morgan fingerprint density at radius 3 is 2.76 bits per heavy atom. The van der Waals surface area contributed by atoms with Crippen LogP contribution in [0.25, 0.3) is 0 Å². The largest absolute Gasteiger partial charge is 0.409 e. The van der Waals surface area contributed by atoms with E-state index in [0.29, 0.717) is 37.7 Å². The molecule has 0 aliphatic carbocycles. The highest BCUT2D eigenvalue weighted by molar-refractivity contribution is 6.06. The Morgan fingerprint density at radius 1 is 1.57 bits per heavy atom. The summed E-state index contributed by atoms with van der Waals surface area (Å²) in [6, 6.07) is 0. The second kappa shape index (κ2) is 6.08. The first kappa shape index (κ1) is 15.2. The molecule has 1 saturated heterocycles. The average molecular weight is 296 g/mol. The topological polar surface area (TPSA) is 130 Å². The van der Waals surface area contributed by atoms with Gasteiger partial charge in [-0.05, 0) is 19.8 Å². The minimum Gasteiger partial charge on any atom is -0.409 e. The summed E-state index contributed by atoms with van der Waals surface area (Å²) in [6.45, 7) is 2.84. The summed E-state index contributed by atoms with van der Waals surface area (Å²) in [5.74, 6) is 0.908. The molecule has 1 aromatic heterocycles. The van der Waals surface area contributed by atoms with E-state index in [1.807, 2.05) is 0 Å². The molecule has 0 bridgehead atoms. The van der Waals surface area contributed by atoms with Crippen LogP contribution in [-0.4, -0.2) is 57.3 Å². The Labute approximate surface area is 122 Å². The lowest BCUT2D eigenvalue weighted by Gasteiger charge is -2.37. The molecular weight excluding hydrogens is 276 g/mol. The zero-order valence-electron chi connectivity index (χ0n) is 12.2. The Morgan fingerprint density at radius 2 is 2.24 bits per heavy atom. The van der Waals surface area contributed by atoms with Gasteiger partial charge in [0, 0.05) is 20.3 Å². The highest BCUT2D eigenvalue weighted by atomic mass is 16.5. The molecule has 0 radical (unpaired) electrons. The molecule has 1 amide bonds. The van der Waals surface area contributed by atoms with Gasteiger partial charge < -0.3 is 20.6 Å². The van der Waals surface area contributed by atoms with E-state index in [2.05, 4.69) is 20.3 Å².